The highest BCUT2D eigenvalue weighted by molar-refractivity contribution is 6.19. The molecule has 0 spiro atoms. The van der Waals surface area contributed by atoms with Crippen molar-refractivity contribution in [2.75, 3.05) is 6.61 Å². The summed E-state index contributed by atoms with van der Waals surface area (Å²) in [6, 6.07) is 0. The quantitative estimate of drug-likeness (QED) is 0.458. The van der Waals surface area contributed by atoms with Crippen molar-refractivity contribution < 1.29 is 20.1 Å². The average molecular weight is 183 g/mol. The van der Waals surface area contributed by atoms with Crippen LogP contribution in [0.5, 0.6) is 0 Å². The molecule has 0 amide bonds. The highest BCUT2D eigenvalue weighted by Gasteiger charge is 2.35. The predicted octanol–water partition coefficient (Wildman–Crippen LogP) is -0.946. The Hall–Kier alpha value is 0.130. The highest BCUT2D eigenvalue weighted by Crippen LogP contribution is 2.22. The van der Waals surface area contributed by atoms with E-state index < -0.39 is 23.9 Å². The van der Waals surface area contributed by atoms with Gasteiger partial charge in [0.1, 0.15) is 17.8 Å². The van der Waals surface area contributed by atoms with E-state index in [-0.39, 0.29) is 13.0 Å². The second-order valence-corrected chi connectivity index (χ2v) is 3.05. The molecule has 1 heterocycles. The molecule has 4 nitrogen and oxygen atoms in total. The van der Waals surface area contributed by atoms with Crippen molar-refractivity contribution in [1.29, 1.82) is 0 Å². The van der Waals surface area contributed by atoms with Gasteiger partial charge in [0, 0.05) is 6.42 Å². The number of aliphatic hydroxyl groups excluding tert-OH is 3. The van der Waals surface area contributed by atoms with Crippen LogP contribution in [0, 0.1) is 0 Å². The molecule has 1 aliphatic rings. The van der Waals surface area contributed by atoms with Gasteiger partial charge in [0.05, 0.1) is 12.7 Å². The molecule has 0 aromatic carbocycles. The monoisotopic (exact) mass is 182 g/mol. The van der Waals surface area contributed by atoms with Gasteiger partial charge in [-0.3, -0.25) is 0 Å². The molecule has 5 heteroatoms. The van der Waals surface area contributed by atoms with Gasteiger partial charge in [-0.05, 0) is 0 Å². The predicted molar refractivity (Wildman–Crippen MR) is 38.2 cm³/mol. The van der Waals surface area contributed by atoms with Crippen molar-refractivity contribution in [2.24, 2.45) is 0 Å². The van der Waals surface area contributed by atoms with Gasteiger partial charge in [0.25, 0.3) is 0 Å². The fourth-order valence-electron chi connectivity index (χ4n) is 1.05. The molecular formula is C6H11ClO4. The van der Waals surface area contributed by atoms with Gasteiger partial charge in [-0.1, -0.05) is 11.6 Å². The third-order valence-corrected chi connectivity index (χ3v) is 1.99. The summed E-state index contributed by atoms with van der Waals surface area (Å²) in [6.45, 7) is -0.332. The van der Waals surface area contributed by atoms with Crippen LogP contribution in [0.4, 0.5) is 0 Å². The maximum absolute atomic E-state index is 9.16. The van der Waals surface area contributed by atoms with Crippen molar-refractivity contribution in [2.45, 2.75) is 30.3 Å². The number of rotatable bonds is 1. The summed E-state index contributed by atoms with van der Waals surface area (Å²) < 4.78 is 4.92. The Bertz CT molecular complexity index is 132. The number of hydrogen-bond acceptors (Lipinski definition) is 4. The maximum atomic E-state index is 9.16. The van der Waals surface area contributed by atoms with Crippen LogP contribution in [-0.4, -0.2) is 45.8 Å². The normalized spacial score (nSPS) is 45.8. The third kappa shape index (κ3) is 2.04. The van der Waals surface area contributed by atoms with Crippen molar-refractivity contribution >= 4 is 11.6 Å². The average Bonchev–Trinajstić information content (AvgIpc) is 1.96. The molecule has 66 valence electrons. The zero-order chi connectivity index (χ0) is 8.43. The summed E-state index contributed by atoms with van der Waals surface area (Å²) in [5, 5.41) is 26.9. The van der Waals surface area contributed by atoms with Crippen LogP contribution in [-0.2, 0) is 4.74 Å². The second kappa shape index (κ2) is 3.69. The number of halogens is 1. The zero-order valence-corrected chi connectivity index (χ0v) is 6.61. The first-order chi connectivity index (χ1) is 5.15. The topological polar surface area (TPSA) is 69.9 Å². The van der Waals surface area contributed by atoms with Crippen LogP contribution < -0.4 is 0 Å². The van der Waals surface area contributed by atoms with E-state index in [1.165, 1.54) is 0 Å². The second-order valence-electron chi connectivity index (χ2n) is 2.56. The molecule has 0 aromatic heterocycles. The smallest absolute Gasteiger partial charge is 0.134 e. The van der Waals surface area contributed by atoms with Crippen molar-refractivity contribution in [3.63, 3.8) is 0 Å². The van der Waals surface area contributed by atoms with Crippen LogP contribution in [0.2, 0.25) is 0 Å². The minimum atomic E-state index is -1.03. The first kappa shape index (κ1) is 9.22. The standard InChI is InChI=1S/C6H11ClO4/c7-5-1-3(9)6(10)4(2-8)11-5/h3-6,8-10H,1-2H2/t3-,4+,5-,6-/m0/s1. The summed E-state index contributed by atoms with van der Waals surface area (Å²) >= 11 is 5.55. The maximum Gasteiger partial charge on any atom is 0.134 e. The van der Waals surface area contributed by atoms with Gasteiger partial charge >= 0.3 is 0 Å². The van der Waals surface area contributed by atoms with Crippen LogP contribution in [0.15, 0.2) is 0 Å². The molecule has 1 aliphatic heterocycles. The Morgan fingerprint density at radius 3 is 2.64 bits per heavy atom. The van der Waals surface area contributed by atoms with E-state index in [0.717, 1.165) is 0 Å². The van der Waals surface area contributed by atoms with E-state index in [1.54, 1.807) is 0 Å². The fourth-order valence-corrected chi connectivity index (χ4v) is 1.37. The molecule has 0 saturated carbocycles. The number of ether oxygens (including phenoxy) is 1. The summed E-state index contributed by atoms with van der Waals surface area (Å²) in [6.07, 6.45) is -2.50. The van der Waals surface area contributed by atoms with Gasteiger partial charge in [0.15, 0.2) is 0 Å². The van der Waals surface area contributed by atoms with E-state index in [2.05, 4.69) is 0 Å². The van der Waals surface area contributed by atoms with E-state index in [9.17, 15) is 0 Å². The lowest BCUT2D eigenvalue weighted by Gasteiger charge is -2.33. The Kier molecular flexibility index (Phi) is 3.09. The molecule has 0 aliphatic carbocycles. The molecule has 1 saturated heterocycles. The molecular weight excluding hydrogens is 172 g/mol. The Morgan fingerprint density at radius 2 is 2.09 bits per heavy atom. The number of hydrogen-bond donors (Lipinski definition) is 3. The van der Waals surface area contributed by atoms with Crippen molar-refractivity contribution in [3.05, 3.63) is 0 Å². The molecule has 0 unspecified atom stereocenters. The summed E-state index contributed by atoms with van der Waals surface area (Å²) in [4.78, 5) is 0. The molecule has 11 heavy (non-hydrogen) atoms. The van der Waals surface area contributed by atoms with Crippen LogP contribution in [0.25, 0.3) is 0 Å². The van der Waals surface area contributed by atoms with Crippen molar-refractivity contribution in [1.82, 2.24) is 0 Å². The first-order valence-electron chi connectivity index (χ1n) is 3.41. The summed E-state index contributed by atoms with van der Waals surface area (Å²) in [5.41, 5.74) is -0.620. The molecule has 0 radical (unpaired) electrons. The Labute approximate surface area is 69.4 Å². The van der Waals surface area contributed by atoms with Crippen LogP contribution >= 0.6 is 11.6 Å². The van der Waals surface area contributed by atoms with Gasteiger partial charge in [-0.15, -0.1) is 0 Å². The molecule has 0 aromatic rings. The van der Waals surface area contributed by atoms with Crippen molar-refractivity contribution in [3.8, 4) is 0 Å². The summed E-state index contributed by atoms with van der Waals surface area (Å²) in [5.74, 6) is 0. The highest BCUT2D eigenvalue weighted by atomic mass is 35.5. The van der Waals surface area contributed by atoms with Gasteiger partial charge < -0.3 is 20.1 Å². The van der Waals surface area contributed by atoms with E-state index in [4.69, 9.17) is 31.7 Å². The largest absolute Gasteiger partial charge is 0.394 e. The first-order valence-corrected chi connectivity index (χ1v) is 3.85. The Balaban J connectivity index is 2.51. The van der Waals surface area contributed by atoms with E-state index in [0.29, 0.717) is 0 Å². The third-order valence-electron chi connectivity index (χ3n) is 1.70. The van der Waals surface area contributed by atoms with Crippen LogP contribution in [0.1, 0.15) is 6.42 Å². The Morgan fingerprint density at radius 1 is 1.45 bits per heavy atom. The minimum Gasteiger partial charge on any atom is -0.394 e. The van der Waals surface area contributed by atoms with Crippen LogP contribution in [0.3, 0.4) is 0 Å². The molecule has 3 N–H and O–H groups in total. The SMILES string of the molecule is OC[C@H]1O[C@H](Cl)C[C@H](O)[C@@H]1O. The van der Waals surface area contributed by atoms with E-state index in [1.807, 2.05) is 0 Å². The molecule has 1 fully saturated rings. The number of aliphatic hydroxyl groups is 3. The summed E-state index contributed by atoms with van der Waals surface area (Å²) in [7, 11) is 0. The molecule has 0 bridgehead atoms. The minimum absolute atomic E-state index is 0.194. The van der Waals surface area contributed by atoms with Gasteiger partial charge in [0.2, 0.25) is 0 Å². The van der Waals surface area contributed by atoms with Gasteiger partial charge in [-0.25, -0.2) is 0 Å². The zero-order valence-electron chi connectivity index (χ0n) is 5.85. The fraction of sp³-hybridized carbons (Fsp3) is 1.00. The van der Waals surface area contributed by atoms with E-state index >= 15 is 0 Å². The lowest BCUT2D eigenvalue weighted by atomic mass is 10.0. The molecule has 4 atom stereocenters. The molecule has 1 rings (SSSR count). The lowest BCUT2D eigenvalue weighted by molar-refractivity contribution is -0.159. The number of alkyl halides is 1. The lowest BCUT2D eigenvalue weighted by Crippen LogP contribution is -2.48. The van der Waals surface area contributed by atoms with Gasteiger partial charge in [-0.2, -0.15) is 0 Å².